The van der Waals surface area contributed by atoms with E-state index in [9.17, 15) is 9.59 Å². The number of rotatable bonds is 6. The summed E-state index contributed by atoms with van der Waals surface area (Å²) in [5.41, 5.74) is 7.27. The van der Waals surface area contributed by atoms with E-state index in [0.29, 0.717) is 43.7 Å². The summed E-state index contributed by atoms with van der Waals surface area (Å²) in [7, 11) is 3.44. The van der Waals surface area contributed by atoms with Crippen LogP contribution in [0.4, 0.5) is 0 Å². The summed E-state index contributed by atoms with van der Waals surface area (Å²) in [5, 5.41) is 0. The fraction of sp³-hybridized carbons (Fsp3) is 0.364. The number of hydrogen-bond donors (Lipinski definition) is 0. The van der Waals surface area contributed by atoms with Crippen molar-refractivity contribution < 1.29 is 18.8 Å². The van der Waals surface area contributed by atoms with Crippen molar-refractivity contribution in [1.29, 1.82) is 0 Å². The van der Waals surface area contributed by atoms with Crippen molar-refractivity contribution in [3.63, 3.8) is 0 Å². The number of nitrogens with zero attached hydrogens (tertiary/aromatic N) is 6. The van der Waals surface area contributed by atoms with E-state index >= 15 is 0 Å². The van der Waals surface area contributed by atoms with Gasteiger partial charge in [0, 0.05) is 82.3 Å². The third-order valence-electron chi connectivity index (χ3n) is 11.4. The number of aromatic nitrogens is 6. The van der Waals surface area contributed by atoms with Gasteiger partial charge in [0.15, 0.2) is 3.83 Å². The molecule has 2 aromatic carbocycles. The summed E-state index contributed by atoms with van der Waals surface area (Å²) in [4.78, 5) is 33.7. The van der Waals surface area contributed by atoms with Gasteiger partial charge in [0.1, 0.15) is 16.9 Å². The minimum atomic E-state index is -0.239. The van der Waals surface area contributed by atoms with Crippen LogP contribution in [-0.2, 0) is 45.7 Å². The molecule has 12 nitrogen and oxygen atoms in total. The second-order valence-electron chi connectivity index (χ2n) is 15.9. The lowest BCUT2D eigenvalue weighted by atomic mass is 9.75. The van der Waals surface area contributed by atoms with Crippen molar-refractivity contribution in [3.8, 4) is 0 Å². The van der Waals surface area contributed by atoms with Crippen LogP contribution in [0, 0.1) is 3.83 Å². The quantitative estimate of drug-likeness (QED) is 0.121. The van der Waals surface area contributed by atoms with Crippen LogP contribution < -0.4 is 11.1 Å². The van der Waals surface area contributed by atoms with Gasteiger partial charge in [-0.05, 0) is 87.0 Å². The van der Waals surface area contributed by atoms with Crippen molar-refractivity contribution in [2.24, 2.45) is 14.1 Å². The Bertz CT molecular complexity index is 2670. The Balaban J connectivity index is 0.000000141. The molecule has 314 valence electrons. The molecule has 0 N–H and O–H groups in total. The summed E-state index contributed by atoms with van der Waals surface area (Å²) < 4.78 is 32.6. The number of hydrogen-bond acceptors (Lipinski definition) is 8. The van der Waals surface area contributed by atoms with Gasteiger partial charge in [0.2, 0.25) is 0 Å². The topological polar surface area (TPSA) is 116 Å². The van der Waals surface area contributed by atoms with Gasteiger partial charge in [-0.1, -0.05) is 68.3 Å². The Morgan fingerprint density at radius 2 is 1.18 bits per heavy atom. The van der Waals surface area contributed by atoms with Crippen LogP contribution in [0.15, 0.2) is 109 Å². The molecular formula is C44H48BBr2IN6O6. The summed E-state index contributed by atoms with van der Waals surface area (Å²) in [6.45, 7) is 11.0. The highest BCUT2D eigenvalue weighted by atomic mass is 127. The average molecular weight is 1050 g/mol. The van der Waals surface area contributed by atoms with E-state index in [4.69, 9.17) is 18.8 Å². The van der Waals surface area contributed by atoms with E-state index in [1.165, 1.54) is 5.47 Å². The van der Waals surface area contributed by atoms with Gasteiger partial charge in [0.05, 0.1) is 50.0 Å². The third kappa shape index (κ3) is 9.85. The largest absolute Gasteiger partial charge is 0.490 e. The molecule has 4 aromatic heterocycles. The normalized spacial score (nSPS) is 17.1. The smallest absolute Gasteiger partial charge is 0.400 e. The Kier molecular flexibility index (Phi) is 13.9. The fourth-order valence-electron chi connectivity index (χ4n) is 7.01. The Morgan fingerprint density at radius 3 is 1.68 bits per heavy atom. The first-order valence-corrected chi connectivity index (χ1v) is 22.4. The van der Waals surface area contributed by atoms with Crippen molar-refractivity contribution in [1.82, 2.24) is 27.9 Å². The molecule has 0 atom stereocenters. The van der Waals surface area contributed by atoms with Crippen LogP contribution in [0.25, 0.3) is 16.6 Å². The van der Waals surface area contributed by atoms with E-state index in [1.807, 2.05) is 58.6 Å². The minimum Gasteiger partial charge on any atom is -0.400 e. The summed E-state index contributed by atoms with van der Waals surface area (Å²) in [6, 6.07) is 16.3. The molecule has 0 bridgehead atoms. The van der Waals surface area contributed by atoms with E-state index in [0.717, 1.165) is 66.1 Å². The first-order chi connectivity index (χ1) is 28.6. The maximum absolute atomic E-state index is 12.7. The van der Waals surface area contributed by atoms with Crippen molar-refractivity contribution >= 4 is 78.2 Å². The van der Waals surface area contributed by atoms with Crippen LogP contribution >= 0.6 is 54.5 Å². The number of fused-ring (bicyclic) bond motifs is 2. The van der Waals surface area contributed by atoms with Gasteiger partial charge in [-0.2, -0.15) is 0 Å². The molecule has 60 heavy (non-hydrogen) atoms. The lowest BCUT2D eigenvalue weighted by molar-refractivity contribution is 0.00578. The standard InChI is InChI=1S/C19H18BrN3O2.C14H11BrIN3O.C11H19BO3/c1-22-16(10-13-2-4-15(20)5-3-13)12-23-17(19(22)24)11-21-18(23)14-6-8-25-9-7-14;1-18-11(6-9-2-4-10(15)5-3-9)8-19-12(13(18)20)7-17-14(19)16;1-10(2)11(3,4)15-12(14-10)9-5-7-13-8-6-9/h2-6,11-12H,7-10H2,1H3;2-5,7-8H,6H2,1H3;5H,6-8H2,1-4H3. The highest BCUT2D eigenvalue weighted by Crippen LogP contribution is 2.39. The molecule has 3 aliphatic heterocycles. The maximum atomic E-state index is 12.7. The minimum absolute atomic E-state index is 0.0185. The molecule has 1 fully saturated rings. The molecule has 0 amide bonds. The van der Waals surface area contributed by atoms with Crippen molar-refractivity contribution in [2.45, 2.75) is 64.6 Å². The summed E-state index contributed by atoms with van der Waals surface area (Å²) in [5.74, 6) is 0.841. The fourth-order valence-corrected chi connectivity index (χ4v) is 8.08. The van der Waals surface area contributed by atoms with Gasteiger partial charge < -0.3 is 27.9 Å². The number of benzene rings is 2. The molecular weight excluding hydrogens is 1010 g/mol. The van der Waals surface area contributed by atoms with Gasteiger partial charge in [-0.15, -0.1) is 0 Å². The third-order valence-corrected chi connectivity index (χ3v) is 13.3. The molecule has 16 heteroatoms. The predicted octanol–water partition coefficient (Wildman–Crippen LogP) is 8.15. The first-order valence-electron chi connectivity index (χ1n) is 19.8. The first kappa shape index (κ1) is 44.4. The Labute approximate surface area is 380 Å². The van der Waals surface area contributed by atoms with Crippen LogP contribution in [0.5, 0.6) is 0 Å². The highest BCUT2D eigenvalue weighted by molar-refractivity contribution is 14.1. The van der Waals surface area contributed by atoms with E-state index in [2.05, 4.69) is 122 Å². The second-order valence-corrected chi connectivity index (χ2v) is 18.7. The lowest BCUT2D eigenvalue weighted by Crippen LogP contribution is -2.41. The van der Waals surface area contributed by atoms with Crippen molar-refractivity contribution in [3.05, 3.63) is 153 Å². The molecule has 0 radical (unpaired) electrons. The molecule has 0 spiro atoms. The van der Waals surface area contributed by atoms with Gasteiger partial charge >= 0.3 is 7.12 Å². The molecule has 0 saturated carbocycles. The summed E-state index contributed by atoms with van der Waals surface area (Å²) in [6.07, 6.45) is 14.5. The molecule has 7 heterocycles. The van der Waals surface area contributed by atoms with Crippen LogP contribution in [-0.4, -0.2) is 72.7 Å². The second kappa shape index (κ2) is 18.8. The van der Waals surface area contributed by atoms with Crippen LogP contribution in [0.2, 0.25) is 0 Å². The Morgan fingerprint density at radius 1 is 0.700 bits per heavy atom. The molecule has 3 aliphatic rings. The number of halogens is 3. The van der Waals surface area contributed by atoms with E-state index < -0.39 is 0 Å². The monoisotopic (exact) mass is 1050 g/mol. The SMILES string of the molecule is CC1(C)OB(C2=CCOCC2)OC1(C)C.Cn1c(Cc2ccc(Br)cc2)cn2c(C3=CCOCC3)ncc2c1=O.Cn1c(Cc2ccc(Br)cc2)cn2c(I)ncc2c1=O. The van der Waals surface area contributed by atoms with Gasteiger partial charge in [-0.3, -0.25) is 18.4 Å². The zero-order chi connectivity index (χ0) is 42.8. The van der Waals surface area contributed by atoms with Crippen LogP contribution in [0.3, 0.4) is 0 Å². The lowest BCUT2D eigenvalue weighted by Gasteiger charge is -2.32. The average Bonchev–Trinajstić information content (AvgIpc) is 3.90. The van der Waals surface area contributed by atoms with Crippen molar-refractivity contribution in [2.75, 3.05) is 26.4 Å². The van der Waals surface area contributed by atoms with Gasteiger partial charge in [0.25, 0.3) is 11.1 Å². The molecule has 0 aliphatic carbocycles. The van der Waals surface area contributed by atoms with E-state index in [1.54, 1.807) is 28.6 Å². The number of imidazole rings is 2. The Hall–Kier alpha value is -3.65. The van der Waals surface area contributed by atoms with E-state index in [-0.39, 0.29) is 29.4 Å². The summed E-state index contributed by atoms with van der Waals surface area (Å²) >= 11 is 9.01. The maximum Gasteiger partial charge on any atom is 0.490 e. The zero-order valence-electron chi connectivity index (χ0n) is 34.6. The molecule has 1 saturated heterocycles. The highest BCUT2D eigenvalue weighted by Gasteiger charge is 2.52. The van der Waals surface area contributed by atoms with Gasteiger partial charge in [-0.25, -0.2) is 9.97 Å². The zero-order valence-corrected chi connectivity index (χ0v) is 39.9. The predicted molar refractivity (Wildman–Crippen MR) is 250 cm³/mol. The van der Waals surface area contributed by atoms with Crippen LogP contribution in [0.1, 0.15) is 68.9 Å². The number of ether oxygens (including phenoxy) is 2. The molecule has 0 unspecified atom stereocenters. The molecule has 6 aromatic rings. The molecule has 9 rings (SSSR count).